The van der Waals surface area contributed by atoms with Crippen LogP contribution in [-0.4, -0.2) is 22.5 Å². The summed E-state index contributed by atoms with van der Waals surface area (Å²) in [4.78, 5) is 13.3. The average Bonchev–Trinajstić information content (AvgIpc) is 3.01. The van der Waals surface area contributed by atoms with Crippen LogP contribution >= 0.6 is 0 Å². The standard InChI is InChI=1S/C22H13F6NO4/c23-21(24,25)15-3-1-2-14-18(15)29-19(32)20(14,12-6-9-16(30)17(31)10-12)11-4-7-13(8-5-11)33-22(26,27)28/h1-10,30-31H,(H,29,32)/t20-/m0/s1. The van der Waals surface area contributed by atoms with Crippen LogP contribution in [0.3, 0.4) is 0 Å². The number of fused-ring (bicyclic) bond motifs is 1. The number of nitrogens with one attached hydrogen (secondary N) is 1. The van der Waals surface area contributed by atoms with Crippen molar-refractivity contribution in [1.82, 2.24) is 0 Å². The van der Waals surface area contributed by atoms with Crippen LogP contribution in [0.2, 0.25) is 0 Å². The highest BCUT2D eigenvalue weighted by atomic mass is 19.4. The molecule has 172 valence electrons. The maximum Gasteiger partial charge on any atom is 0.573 e. The van der Waals surface area contributed by atoms with E-state index in [0.29, 0.717) is 0 Å². The van der Waals surface area contributed by atoms with Gasteiger partial charge in [0.2, 0.25) is 5.91 Å². The lowest BCUT2D eigenvalue weighted by Crippen LogP contribution is -2.37. The first-order chi connectivity index (χ1) is 15.3. The second kappa shape index (κ2) is 7.32. The first-order valence-electron chi connectivity index (χ1n) is 9.25. The average molecular weight is 469 g/mol. The van der Waals surface area contributed by atoms with Crippen LogP contribution < -0.4 is 10.1 Å². The number of hydrogen-bond donors (Lipinski definition) is 3. The van der Waals surface area contributed by atoms with Crippen LogP contribution in [0, 0.1) is 0 Å². The summed E-state index contributed by atoms with van der Waals surface area (Å²) in [5, 5.41) is 21.9. The van der Waals surface area contributed by atoms with Crippen LogP contribution in [0.5, 0.6) is 17.2 Å². The van der Waals surface area contributed by atoms with Gasteiger partial charge >= 0.3 is 12.5 Å². The van der Waals surface area contributed by atoms with Gasteiger partial charge in [-0.3, -0.25) is 4.79 Å². The minimum absolute atomic E-state index is 0.0117. The van der Waals surface area contributed by atoms with Crippen molar-refractivity contribution in [2.24, 2.45) is 0 Å². The number of carbonyl (C=O) groups excluding carboxylic acids is 1. The number of hydrogen-bond acceptors (Lipinski definition) is 4. The summed E-state index contributed by atoms with van der Waals surface area (Å²) in [6.07, 6.45) is -9.78. The Morgan fingerprint density at radius 1 is 0.818 bits per heavy atom. The minimum Gasteiger partial charge on any atom is -0.504 e. The number of alkyl halides is 6. The largest absolute Gasteiger partial charge is 0.573 e. The Morgan fingerprint density at radius 2 is 1.45 bits per heavy atom. The zero-order valence-corrected chi connectivity index (χ0v) is 16.3. The molecule has 0 unspecified atom stereocenters. The van der Waals surface area contributed by atoms with E-state index in [0.717, 1.165) is 48.5 Å². The molecule has 1 heterocycles. The lowest BCUT2D eigenvalue weighted by atomic mass is 9.70. The molecule has 0 spiro atoms. The number of carbonyl (C=O) groups is 1. The van der Waals surface area contributed by atoms with Gasteiger partial charge in [-0.2, -0.15) is 13.2 Å². The minimum atomic E-state index is -4.97. The number of ether oxygens (including phenoxy) is 1. The van der Waals surface area contributed by atoms with E-state index < -0.39 is 52.4 Å². The molecule has 3 aromatic carbocycles. The molecule has 5 nitrogen and oxygen atoms in total. The third-order valence-electron chi connectivity index (χ3n) is 5.28. The summed E-state index contributed by atoms with van der Waals surface area (Å²) in [6, 6.07) is 10.5. The molecule has 0 fully saturated rings. The van der Waals surface area contributed by atoms with Crippen molar-refractivity contribution < 1.29 is 46.1 Å². The molecule has 33 heavy (non-hydrogen) atoms. The fraction of sp³-hybridized carbons (Fsp3) is 0.136. The lowest BCUT2D eigenvalue weighted by molar-refractivity contribution is -0.274. The number of rotatable bonds is 3. The molecule has 1 atom stereocenters. The number of phenolic OH excluding ortho intramolecular Hbond substituents is 2. The molecular formula is C22H13F6NO4. The number of aromatic hydroxyl groups is 2. The molecule has 0 bridgehead atoms. The van der Waals surface area contributed by atoms with Gasteiger partial charge < -0.3 is 20.3 Å². The van der Waals surface area contributed by atoms with Crippen molar-refractivity contribution in [3.63, 3.8) is 0 Å². The second-order valence-corrected chi connectivity index (χ2v) is 7.21. The molecule has 0 radical (unpaired) electrons. The number of phenols is 2. The molecule has 0 saturated heterocycles. The Labute approximate surface area is 181 Å². The number of benzene rings is 3. The summed E-state index contributed by atoms with van der Waals surface area (Å²) < 4.78 is 82.3. The molecule has 3 aromatic rings. The van der Waals surface area contributed by atoms with Gasteiger partial charge in [-0.25, -0.2) is 0 Å². The third kappa shape index (κ3) is 3.69. The summed E-state index contributed by atoms with van der Waals surface area (Å²) in [6.45, 7) is 0. The van der Waals surface area contributed by atoms with E-state index in [1.165, 1.54) is 12.1 Å². The molecule has 0 aliphatic carbocycles. The zero-order chi connectivity index (χ0) is 24.2. The van der Waals surface area contributed by atoms with Crippen molar-refractivity contribution in [2.45, 2.75) is 18.0 Å². The number of halogens is 6. The van der Waals surface area contributed by atoms with Gasteiger partial charge in [-0.1, -0.05) is 30.3 Å². The zero-order valence-electron chi connectivity index (χ0n) is 16.3. The fourth-order valence-corrected chi connectivity index (χ4v) is 3.97. The van der Waals surface area contributed by atoms with E-state index in [1.807, 2.05) is 0 Å². The van der Waals surface area contributed by atoms with E-state index in [9.17, 15) is 41.4 Å². The highest BCUT2D eigenvalue weighted by Gasteiger charge is 2.52. The first kappa shape index (κ1) is 22.3. The van der Waals surface area contributed by atoms with E-state index in [2.05, 4.69) is 10.1 Å². The van der Waals surface area contributed by atoms with E-state index >= 15 is 0 Å². The van der Waals surface area contributed by atoms with Gasteiger partial charge in [0.15, 0.2) is 11.5 Å². The predicted molar refractivity (Wildman–Crippen MR) is 103 cm³/mol. The van der Waals surface area contributed by atoms with Crippen molar-refractivity contribution in [1.29, 1.82) is 0 Å². The monoisotopic (exact) mass is 469 g/mol. The predicted octanol–water partition coefficient (Wildman–Crippen LogP) is 5.30. The van der Waals surface area contributed by atoms with Gasteiger partial charge in [-0.15, -0.1) is 13.2 Å². The van der Waals surface area contributed by atoms with Crippen molar-refractivity contribution in [3.05, 3.63) is 82.9 Å². The van der Waals surface area contributed by atoms with Crippen LogP contribution in [-0.2, 0) is 16.4 Å². The molecule has 1 aliphatic rings. The van der Waals surface area contributed by atoms with E-state index in [1.54, 1.807) is 0 Å². The maximum atomic E-state index is 13.6. The van der Waals surface area contributed by atoms with Crippen LogP contribution in [0.25, 0.3) is 0 Å². The molecule has 1 amide bonds. The lowest BCUT2D eigenvalue weighted by Gasteiger charge is -2.29. The SMILES string of the molecule is O=C1Nc2c(C(F)(F)F)cccc2[C@]1(c1ccc(OC(F)(F)F)cc1)c1ccc(O)c(O)c1. The van der Waals surface area contributed by atoms with Gasteiger partial charge in [0.1, 0.15) is 11.2 Å². The Bertz CT molecular complexity index is 1240. The maximum absolute atomic E-state index is 13.6. The van der Waals surface area contributed by atoms with Crippen molar-refractivity contribution in [2.75, 3.05) is 5.32 Å². The highest BCUT2D eigenvalue weighted by Crippen LogP contribution is 2.52. The van der Waals surface area contributed by atoms with Crippen molar-refractivity contribution >= 4 is 11.6 Å². The molecule has 3 N–H and O–H groups in total. The van der Waals surface area contributed by atoms with Gasteiger partial charge in [-0.05, 0) is 41.5 Å². The molecule has 1 aliphatic heterocycles. The number of amides is 1. The van der Waals surface area contributed by atoms with Gasteiger partial charge in [0, 0.05) is 5.56 Å². The Kier molecular flexibility index (Phi) is 4.95. The quantitative estimate of drug-likeness (QED) is 0.359. The normalized spacial score (nSPS) is 18.1. The van der Waals surface area contributed by atoms with Crippen LogP contribution in [0.15, 0.2) is 60.7 Å². The Balaban J connectivity index is 1.99. The third-order valence-corrected chi connectivity index (χ3v) is 5.28. The van der Waals surface area contributed by atoms with Crippen LogP contribution in [0.4, 0.5) is 32.0 Å². The second-order valence-electron chi connectivity index (χ2n) is 7.21. The summed E-state index contributed by atoms with van der Waals surface area (Å²) in [5.41, 5.74) is -3.74. The van der Waals surface area contributed by atoms with Crippen LogP contribution in [0.1, 0.15) is 22.3 Å². The first-order valence-corrected chi connectivity index (χ1v) is 9.25. The van der Waals surface area contributed by atoms with Crippen molar-refractivity contribution in [3.8, 4) is 17.2 Å². The summed E-state index contributed by atoms with van der Waals surface area (Å²) >= 11 is 0. The van der Waals surface area contributed by atoms with Gasteiger partial charge in [0.25, 0.3) is 0 Å². The molecular weight excluding hydrogens is 456 g/mol. The highest BCUT2D eigenvalue weighted by molar-refractivity contribution is 6.12. The van der Waals surface area contributed by atoms with Gasteiger partial charge in [0.05, 0.1) is 11.3 Å². The molecule has 0 saturated carbocycles. The number of anilines is 1. The van der Waals surface area contributed by atoms with E-state index in [-0.39, 0.29) is 16.7 Å². The van der Waals surface area contributed by atoms with E-state index in [4.69, 9.17) is 0 Å². The number of para-hydroxylation sites is 1. The molecule has 0 aromatic heterocycles. The molecule has 4 rings (SSSR count). The Morgan fingerprint density at radius 3 is 2.03 bits per heavy atom. The summed E-state index contributed by atoms with van der Waals surface area (Å²) in [5.74, 6) is -2.70. The molecule has 11 heteroatoms. The topological polar surface area (TPSA) is 78.8 Å². The summed E-state index contributed by atoms with van der Waals surface area (Å²) in [7, 11) is 0. The smallest absolute Gasteiger partial charge is 0.504 e. The Hall–Kier alpha value is -3.89. The fourth-order valence-electron chi connectivity index (χ4n) is 3.97.